The molecule has 4 atom stereocenters. The summed E-state index contributed by atoms with van der Waals surface area (Å²) in [6, 6.07) is -2.61. The van der Waals surface area contributed by atoms with Gasteiger partial charge in [0.25, 0.3) is 5.91 Å². The van der Waals surface area contributed by atoms with Gasteiger partial charge >= 0.3 is 12.1 Å². The Morgan fingerprint density at radius 2 is 2.08 bits per heavy atom. The largest absolute Gasteiger partial charge is 0.465 e. The van der Waals surface area contributed by atoms with E-state index in [1.807, 2.05) is 4.90 Å². The highest BCUT2D eigenvalue weighted by Gasteiger charge is 2.52. The quantitative estimate of drug-likeness (QED) is 0.467. The summed E-state index contributed by atoms with van der Waals surface area (Å²) >= 11 is 4.69. The number of alkyl halides is 1. The van der Waals surface area contributed by atoms with Gasteiger partial charge in [-0.3, -0.25) is 19.5 Å². The van der Waals surface area contributed by atoms with Gasteiger partial charge in [0.05, 0.1) is 12.6 Å². The van der Waals surface area contributed by atoms with Crippen LogP contribution in [0.3, 0.4) is 0 Å². The molecule has 2 bridgehead atoms. The van der Waals surface area contributed by atoms with E-state index in [-0.39, 0.29) is 25.1 Å². The lowest BCUT2D eigenvalue weighted by Crippen LogP contribution is -2.72. The highest BCUT2D eigenvalue weighted by molar-refractivity contribution is 9.10. The number of amides is 2. The molecule has 13 heteroatoms. The van der Waals surface area contributed by atoms with Crippen molar-refractivity contribution in [3.63, 3.8) is 0 Å². The van der Waals surface area contributed by atoms with E-state index in [1.54, 1.807) is 33.1 Å². The SMILES string of the molecule is CCOC(=O)[C@H]1NN(C(=O)[C@@H](NC(=O)OC(C)(C)C)[C@@H](c2nc(Br)cs2)N2CC[C@H](F)C2)C2CC1C2. The minimum atomic E-state index is -1.13. The maximum atomic E-state index is 14.3. The van der Waals surface area contributed by atoms with Crippen molar-refractivity contribution in [1.82, 2.24) is 25.6 Å². The Hall–Kier alpha value is -1.83. The fourth-order valence-corrected chi connectivity index (χ4v) is 6.40. The fraction of sp³-hybridized carbons (Fsp3) is 0.739. The van der Waals surface area contributed by atoms with E-state index in [2.05, 4.69) is 31.7 Å². The maximum absolute atomic E-state index is 14.3. The molecule has 0 aromatic carbocycles. The summed E-state index contributed by atoms with van der Waals surface area (Å²) < 4.78 is 25.6. The topological polar surface area (TPSA) is 113 Å². The van der Waals surface area contributed by atoms with Crippen LogP contribution in [0.1, 0.15) is 58.0 Å². The second-order valence-corrected chi connectivity index (χ2v) is 12.1. The van der Waals surface area contributed by atoms with Gasteiger partial charge in [-0.25, -0.2) is 19.6 Å². The van der Waals surface area contributed by atoms with Gasteiger partial charge in [0, 0.05) is 24.5 Å². The fourth-order valence-electron chi connectivity index (χ4n) is 4.96. The number of carbonyl (C=O) groups excluding carboxylic acids is 3. The van der Waals surface area contributed by atoms with Gasteiger partial charge in [0.15, 0.2) is 0 Å². The summed E-state index contributed by atoms with van der Waals surface area (Å²) in [5.41, 5.74) is 2.27. The van der Waals surface area contributed by atoms with Crippen LogP contribution in [0.2, 0.25) is 0 Å². The van der Waals surface area contributed by atoms with Crippen LogP contribution in [0.4, 0.5) is 9.18 Å². The Morgan fingerprint density at radius 1 is 1.36 bits per heavy atom. The molecule has 0 spiro atoms. The van der Waals surface area contributed by atoms with Gasteiger partial charge in [-0.05, 0) is 68.8 Å². The van der Waals surface area contributed by atoms with Gasteiger partial charge in [-0.2, -0.15) is 0 Å². The molecule has 2 amide bonds. The first-order chi connectivity index (χ1) is 17.0. The van der Waals surface area contributed by atoms with Crippen molar-refractivity contribution in [2.75, 3.05) is 19.7 Å². The number of hydrogen-bond donors (Lipinski definition) is 2. The number of alkyl carbamates (subject to hydrolysis) is 1. The van der Waals surface area contributed by atoms with Crippen LogP contribution in [0.25, 0.3) is 0 Å². The van der Waals surface area contributed by atoms with Crippen LogP contribution in [0, 0.1) is 5.92 Å². The van der Waals surface area contributed by atoms with Crippen molar-refractivity contribution in [3.05, 3.63) is 15.0 Å². The zero-order chi connectivity index (χ0) is 26.2. The molecule has 36 heavy (non-hydrogen) atoms. The summed E-state index contributed by atoms with van der Waals surface area (Å²) in [6.45, 7) is 7.70. The number of thiazole rings is 1. The first-order valence-corrected chi connectivity index (χ1v) is 13.9. The molecule has 0 radical (unpaired) electrons. The van der Waals surface area contributed by atoms with E-state index in [9.17, 15) is 18.8 Å². The lowest BCUT2D eigenvalue weighted by atomic mass is 9.73. The van der Waals surface area contributed by atoms with Crippen LogP contribution >= 0.6 is 27.3 Å². The molecule has 1 aromatic rings. The molecule has 1 aliphatic carbocycles. The Labute approximate surface area is 222 Å². The number of aromatic nitrogens is 1. The standard InChI is InChI=1S/C23H33BrFN5O5S/c1-5-34-21(32)16-12-8-14(9-12)30(28-16)20(31)17(27-22(33)35-23(2,3)4)18(19-26-15(24)11-36-19)29-7-6-13(25)10-29/h11-14,16-18,28H,5-10H2,1-4H3,(H,27,33)/t12?,13-,14?,16-,17-,18-/m0/s1. The van der Waals surface area contributed by atoms with Crippen LogP contribution in [-0.2, 0) is 19.1 Å². The molecule has 0 unspecified atom stereocenters. The average Bonchev–Trinajstić information content (AvgIpc) is 3.39. The predicted octanol–water partition coefficient (Wildman–Crippen LogP) is 2.94. The minimum Gasteiger partial charge on any atom is -0.465 e. The van der Waals surface area contributed by atoms with Crippen LogP contribution < -0.4 is 10.7 Å². The van der Waals surface area contributed by atoms with Crippen molar-refractivity contribution in [2.24, 2.45) is 5.92 Å². The molecule has 10 nitrogen and oxygen atoms in total. The summed E-state index contributed by atoms with van der Waals surface area (Å²) in [5, 5.41) is 6.55. The molecule has 4 heterocycles. The third-order valence-electron chi connectivity index (χ3n) is 6.60. The van der Waals surface area contributed by atoms with Crippen molar-refractivity contribution in [1.29, 1.82) is 0 Å². The van der Waals surface area contributed by atoms with E-state index in [4.69, 9.17) is 9.47 Å². The van der Waals surface area contributed by atoms with Gasteiger partial charge in [-0.15, -0.1) is 11.3 Å². The second-order valence-electron chi connectivity index (χ2n) is 10.4. The van der Waals surface area contributed by atoms with E-state index in [1.165, 1.54) is 16.3 Å². The number of nitrogens with one attached hydrogen (secondary N) is 2. The molecule has 1 saturated carbocycles. The third-order valence-corrected chi connectivity index (χ3v) is 8.22. The number of fused-ring (bicyclic) bond motifs is 2. The summed E-state index contributed by atoms with van der Waals surface area (Å²) in [7, 11) is 0. The Bertz CT molecular complexity index is 984. The summed E-state index contributed by atoms with van der Waals surface area (Å²) in [6.07, 6.45) is -0.158. The molecule has 1 aromatic heterocycles. The monoisotopic (exact) mass is 589 g/mol. The van der Waals surface area contributed by atoms with Gasteiger partial charge in [0.2, 0.25) is 0 Å². The maximum Gasteiger partial charge on any atom is 0.408 e. The predicted molar refractivity (Wildman–Crippen MR) is 134 cm³/mol. The molecule has 3 aliphatic heterocycles. The Kier molecular flexibility index (Phi) is 8.22. The van der Waals surface area contributed by atoms with Gasteiger partial charge in [0.1, 0.15) is 33.5 Å². The second kappa shape index (κ2) is 10.9. The van der Waals surface area contributed by atoms with Gasteiger partial charge in [-0.1, -0.05) is 0 Å². The van der Waals surface area contributed by atoms with Crippen molar-refractivity contribution >= 4 is 45.2 Å². The zero-order valence-electron chi connectivity index (χ0n) is 20.8. The van der Waals surface area contributed by atoms with E-state index in [0.717, 1.165) is 0 Å². The van der Waals surface area contributed by atoms with Crippen LogP contribution in [0.15, 0.2) is 9.98 Å². The molecule has 5 rings (SSSR count). The first-order valence-electron chi connectivity index (χ1n) is 12.2. The number of hydrazine groups is 1. The molecular weight excluding hydrogens is 557 g/mol. The minimum absolute atomic E-state index is 0.0898. The number of nitrogens with zero attached hydrogens (tertiary/aromatic N) is 3. The Morgan fingerprint density at radius 3 is 2.64 bits per heavy atom. The van der Waals surface area contributed by atoms with Gasteiger partial charge < -0.3 is 14.8 Å². The van der Waals surface area contributed by atoms with E-state index < -0.39 is 47.9 Å². The first kappa shape index (κ1) is 27.2. The lowest BCUT2D eigenvalue weighted by molar-refractivity contribution is -0.169. The van der Waals surface area contributed by atoms with Crippen LogP contribution in [0.5, 0.6) is 0 Å². The summed E-state index contributed by atoms with van der Waals surface area (Å²) in [5.74, 6) is -0.751. The number of halogens is 2. The van der Waals surface area contributed by atoms with E-state index >= 15 is 0 Å². The molecule has 200 valence electrons. The average molecular weight is 591 g/mol. The number of hydrogen-bond acceptors (Lipinski definition) is 9. The molecule has 4 fully saturated rings. The number of esters is 1. The smallest absolute Gasteiger partial charge is 0.408 e. The molecule has 4 aliphatic rings. The number of rotatable bonds is 7. The number of carbonyl (C=O) groups is 3. The highest BCUT2D eigenvalue weighted by atomic mass is 79.9. The Balaban J connectivity index is 1.66. The highest BCUT2D eigenvalue weighted by Crippen LogP contribution is 2.40. The van der Waals surface area contributed by atoms with Crippen molar-refractivity contribution < 1.29 is 28.2 Å². The molecular formula is C23H33BrFN5O5S. The number of ether oxygens (including phenoxy) is 2. The molecule has 3 saturated heterocycles. The lowest BCUT2D eigenvalue weighted by Gasteiger charge is -2.53. The van der Waals surface area contributed by atoms with E-state index in [0.29, 0.717) is 35.4 Å². The van der Waals surface area contributed by atoms with Crippen LogP contribution in [-0.4, -0.2) is 82.5 Å². The van der Waals surface area contributed by atoms with Crippen molar-refractivity contribution in [3.8, 4) is 0 Å². The summed E-state index contributed by atoms with van der Waals surface area (Å²) in [4.78, 5) is 45.9. The normalized spacial score (nSPS) is 27.7. The van der Waals surface area contributed by atoms with Crippen molar-refractivity contribution in [2.45, 2.75) is 82.9 Å². The number of likely N-dealkylation sites (tertiary alicyclic amines) is 1. The molecule has 2 N–H and O–H groups in total. The third kappa shape index (κ3) is 6.00. The zero-order valence-corrected chi connectivity index (χ0v) is 23.2.